The molecule has 29 heavy (non-hydrogen) atoms. The number of hydrogen-bond donors (Lipinski definition) is 3. The van der Waals surface area contributed by atoms with Crippen LogP contribution in [0.4, 0.5) is 11.8 Å². The molecule has 0 aliphatic carbocycles. The monoisotopic (exact) mass is 419 g/mol. The molecule has 1 aliphatic heterocycles. The number of aromatic hydroxyl groups is 1. The molecule has 0 bridgehead atoms. The SMILES string of the molecule is Cc1cc(N2CCCOC[C@H]2c2cc(O)c(C(=O)NC(C)C)cc2Cl)nc(N)n1. The maximum absolute atomic E-state index is 12.3. The van der Waals surface area contributed by atoms with E-state index in [2.05, 4.69) is 15.3 Å². The van der Waals surface area contributed by atoms with Crippen LogP contribution in [0.25, 0.3) is 0 Å². The second-order valence-electron chi connectivity index (χ2n) is 7.38. The Morgan fingerprint density at radius 2 is 2.14 bits per heavy atom. The van der Waals surface area contributed by atoms with Crippen LogP contribution in [0, 0.1) is 6.92 Å². The van der Waals surface area contributed by atoms with E-state index in [0.29, 0.717) is 36.2 Å². The Kier molecular flexibility index (Phi) is 6.44. The number of rotatable bonds is 4. The van der Waals surface area contributed by atoms with Gasteiger partial charge < -0.3 is 25.8 Å². The summed E-state index contributed by atoms with van der Waals surface area (Å²) in [6.45, 7) is 7.19. The molecule has 1 atom stereocenters. The minimum absolute atomic E-state index is 0.0578. The van der Waals surface area contributed by atoms with Gasteiger partial charge in [-0.25, -0.2) is 4.98 Å². The van der Waals surface area contributed by atoms with E-state index in [-0.39, 0.29) is 35.3 Å². The molecule has 0 radical (unpaired) electrons. The number of aryl methyl sites for hydroxylation is 1. The molecule has 0 spiro atoms. The summed E-state index contributed by atoms with van der Waals surface area (Å²) < 4.78 is 5.76. The molecule has 8 nitrogen and oxygen atoms in total. The zero-order valence-electron chi connectivity index (χ0n) is 16.8. The largest absolute Gasteiger partial charge is 0.507 e. The highest BCUT2D eigenvalue weighted by atomic mass is 35.5. The van der Waals surface area contributed by atoms with Crippen LogP contribution in [0.5, 0.6) is 5.75 Å². The van der Waals surface area contributed by atoms with Crippen molar-refractivity contribution >= 4 is 29.3 Å². The number of amides is 1. The van der Waals surface area contributed by atoms with E-state index in [4.69, 9.17) is 22.1 Å². The van der Waals surface area contributed by atoms with Gasteiger partial charge in [0, 0.05) is 36.0 Å². The van der Waals surface area contributed by atoms with Gasteiger partial charge in [0.25, 0.3) is 5.91 Å². The van der Waals surface area contributed by atoms with Gasteiger partial charge in [-0.1, -0.05) is 11.6 Å². The zero-order valence-corrected chi connectivity index (χ0v) is 17.5. The van der Waals surface area contributed by atoms with E-state index in [9.17, 15) is 9.90 Å². The summed E-state index contributed by atoms with van der Waals surface area (Å²) in [5.74, 6) is 0.352. The number of carbonyl (C=O) groups excluding carboxylic acids is 1. The highest BCUT2D eigenvalue weighted by Gasteiger charge is 2.28. The van der Waals surface area contributed by atoms with Gasteiger partial charge >= 0.3 is 0 Å². The number of nitrogens with two attached hydrogens (primary N) is 1. The fourth-order valence-corrected chi connectivity index (χ4v) is 3.68. The van der Waals surface area contributed by atoms with Crippen molar-refractivity contribution in [2.45, 2.75) is 39.3 Å². The number of phenolic OH excluding ortho intramolecular Hbond substituents is 1. The van der Waals surface area contributed by atoms with Gasteiger partial charge in [-0.15, -0.1) is 0 Å². The van der Waals surface area contributed by atoms with E-state index in [0.717, 1.165) is 12.1 Å². The molecule has 4 N–H and O–H groups in total. The van der Waals surface area contributed by atoms with Gasteiger partial charge in [0.05, 0.1) is 18.2 Å². The van der Waals surface area contributed by atoms with Crippen LogP contribution in [0.15, 0.2) is 18.2 Å². The molecule has 1 aromatic heterocycles. The molecule has 0 saturated carbocycles. The van der Waals surface area contributed by atoms with Gasteiger partial charge in [-0.05, 0) is 44.9 Å². The molecule has 1 saturated heterocycles. The number of benzene rings is 1. The Bertz CT molecular complexity index is 886. The summed E-state index contributed by atoms with van der Waals surface area (Å²) in [5, 5.41) is 13.7. The van der Waals surface area contributed by atoms with Crippen molar-refractivity contribution in [3.63, 3.8) is 0 Å². The van der Waals surface area contributed by atoms with E-state index in [1.165, 1.54) is 12.1 Å². The van der Waals surface area contributed by atoms with Crippen LogP contribution in [0.1, 0.15) is 47.9 Å². The lowest BCUT2D eigenvalue weighted by molar-refractivity contribution is 0.0940. The number of phenols is 1. The maximum atomic E-state index is 12.3. The minimum Gasteiger partial charge on any atom is -0.507 e. The first-order valence-corrected chi connectivity index (χ1v) is 9.93. The van der Waals surface area contributed by atoms with Crippen LogP contribution < -0.4 is 16.0 Å². The number of ether oxygens (including phenoxy) is 1. The number of anilines is 2. The quantitative estimate of drug-likeness (QED) is 0.698. The van der Waals surface area contributed by atoms with Gasteiger partial charge in [-0.3, -0.25) is 4.79 Å². The number of halogens is 1. The molecule has 156 valence electrons. The van der Waals surface area contributed by atoms with Gasteiger partial charge in [0.15, 0.2) is 0 Å². The topological polar surface area (TPSA) is 114 Å². The Labute approximate surface area is 175 Å². The molecule has 0 unspecified atom stereocenters. The second-order valence-corrected chi connectivity index (χ2v) is 7.79. The minimum atomic E-state index is -0.376. The Balaban J connectivity index is 2.01. The first-order chi connectivity index (χ1) is 13.8. The van der Waals surface area contributed by atoms with Gasteiger partial charge in [-0.2, -0.15) is 4.98 Å². The number of nitrogen functional groups attached to an aromatic ring is 1. The lowest BCUT2D eigenvalue weighted by Gasteiger charge is -2.31. The molecule has 2 heterocycles. The van der Waals surface area contributed by atoms with Crippen LogP contribution >= 0.6 is 11.6 Å². The number of carbonyl (C=O) groups is 1. The third kappa shape index (κ3) is 4.89. The number of aromatic nitrogens is 2. The van der Waals surface area contributed by atoms with Crippen LogP contribution in [-0.2, 0) is 4.74 Å². The number of nitrogens with zero attached hydrogens (tertiary/aromatic N) is 3. The Morgan fingerprint density at radius 1 is 1.38 bits per heavy atom. The van der Waals surface area contributed by atoms with Crippen LogP contribution in [-0.4, -0.2) is 46.8 Å². The number of nitrogens with one attached hydrogen (secondary N) is 1. The molecule has 1 aliphatic rings. The van der Waals surface area contributed by atoms with Crippen LogP contribution in [0.3, 0.4) is 0 Å². The van der Waals surface area contributed by atoms with Crippen molar-refractivity contribution < 1.29 is 14.6 Å². The fourth-order valence-electron chi connectivity index (χ4n) is 3.39. The van der Waals surface area contributed by atoms with Crippen molar-refractivity contribution in [2.24, 2.45) is 0 Å². The van der Waals surface area contributed by atoms with Crippen LogP contribution in [0.2, 0.25) is 5.02 Å². The third-order valence-electron chi connectivity index (χ3n) is 4.63. The van der Waals surface area contributed by atoms with Gasteiger partial charge in [0.1, 0.15) is 11.6 Å². The maximum Gasteiger partial charge on any atom is 0.255 e. The molecule has 3 rings (SSSR count). The number of hydrogen-bond acceptors (Lipinski definition) is 7. The van der Waals surface area contributed by atoms with Gasteiger partial charge in [0.2, 0.25) is 5.95 Å². The summed E-state index contributed by atoms with van der Waals surface area (Å²) in [7, 11) is 0. The molecular weight excluding hydrogens is 394 g/mol. The van der Waals surface area contributed by atoms with E-state index >= 15 is 0 Å². The summed E-state index contributed by atoms with van der Waals surface area (Å²) in [4.78, 5) is 22.9. The highest BCUT2D eigenvalue weighted by Crippen LogP contribution is 2.36. The standard InChI is InChI=1S/C20H26ClN5O3/c1-11(2)23-19(28)14-8-15(21)13(9-17(14)27)16-10-29-6-4-5-26(16)18-7-12(3)24-20(22)25-18/h7-9,11,16,27H,4-6,10H2,1-3H3,(H,23,28)(H2,22,24,25)/t16-/m0/s1. The molecule has 1 fully saturated rings. The molecule has 1 amide bonds. The smallest absolute Gasteiger partial charge is 0.255 e. The van der Waals surface area contributed by atoms with E-state index < -0.39 is 0 Å². The van der Waals surface area contributed by atoms with Crippen molar-refractivity contribution in [3.8, 4) is 5.75 Å². The normalized spacial score (nSPS) is 17.3. The lowest BCUT2D eigenvalue weighted by Crippen LogP contribution is -2.32. The van der Waals surface area contributed by atoms with Crippen molar-refractivity contribution in [2.75, 3.05) is 30.4 Å². The van der Waals surface area contributed by atoms with Crippen molar-refractivity contribution in [3.05, 3.63) is 40.0 Å². The van der Waals surface area contributed by atoms with E-state index in [1.54, 1.807) is 0 Å². The van der Waals surface area contributed by atoms with Crippen molar-refractivity contribution in [1.29, 1.82) is 0 Å². The predicted molar refractivity (Wildman–Crippen MR) is 112 cm³/mol. The molecule has 1 aromatic carbocycles. The summed E-state index contributed by atoms with van der Waals surface area (Å²) in [6, 6.07) is 4.52. The third-order valence-corrected chi connectivity index (χ3v) is 4.96. The molecule has 9 heteroatoms. The average Bonchev–Trinajstić information content (AvgIpc) is 2.87. The molecular formula is C20H26ClN5O3. The summed E-state index contributed by atoms with van der Waals surface area (Å²) in [6.07, 6.45) is 0.804. The Hall–Kier alpha value is -2.58. The first kappa shape index (κ1) is 21.1. The lowest BCUT2D eigenvalue weighted by atomic mass is 10.0. The summed E-state index contributed by atoms with van der Waals surface area (Å²) in [5.41, 5.74) is 7.39. The Morgan fingerprint density at radius 3 is 2.83 bits per heavy atom. The first-order valence-electron chi connectivity index (χ1n) is 9.55. The predicted octanol–water partition coefficient (Wildman–Crippen LogP) is 2.83. The van der Waals surface area contributed by atoms with Crippen molar-refractivity contribution in [1.82, 2.24) is 15.3 Å². The fraction of sp³-hybridized carbons (Fsp3) is 0.450. The average molecular weight is 420 g/mol. The highest BCUT2D eigenvalue weighted by molar-refractivity contribution is 6.32. The zero-order chi connectivity index (χ0) is 21.1. The van der Waals surface area contributed by atoms with E-state index in [1.807, 2.05) is 31.7 Å². The summed E-state index contributed by atoms with van der Waals surface area (Å²) >= 11 is 6.55. The second kappa shape index (κ2) is 8.84. The molecule has 2 aromatic rings.